The molecule has 5 aromatic rings. The minimum absolute atomic E-state index is 0.167. The van der Waals surface area contributed by atoms with Crippen molar-refractivity contribution in [1.29, 1.82) is 0 Å². The second-order valence-electron chi connectivity index (χ2n) is 7.13. The lowest BCUT2D eigenvalue weighted by Crippen LogP contribution is -2.21. The number of benzene rings is 3. The van der Waals surface area contributed by atoms with Gasteiger partial charge in [0.05, 0.1) is 30.3 Å². The number of methoxy groups -OCH3 is 1. The van der Waals surface area contributed by atoms with Crippen LogP contribution in [0.3, 0.4) is 0 Å². The predicted molar refractivity (Wildman–Crippen MR) is 130 cm³/mol. The Morgan fingerprint density at radius 2 is 1.79 bits per heavy atom. The lowest BCUT2D eigenvalue weighted by Gasteiger charge is -2.12. The predicted octanol–water partition coefficient (Wildman–Crippen LogP) is 4.87. The Balaban J connectivity index is 1.53. The highest BCUT2D eigenvalue weighted by Crippen LogP contribution is 2.25. The van der Waals surface area contributed by atoms with Gasteiger partial charge in [-0.2, -0.15) is 0 Å². The van der Waals surface area contributed by atoms with Crippen LogP contribution in [0.25, 0.3) is 22.4 Å². The van der Waals surface area contributed by atoms with Gasteiger partial charge in [-0.3, -0.25) is 9.20 Å². The van der Waals surface area contributed by atoms with Crippen LogP contribution in [0.5, 0.6) is 11.5 Å². The van der Waals surface area contributed by atoms with E-state index >= 15 is 0 Å². The average molecular weight is 479 g/mol. The SMILES string of the molecule is COc1cccc(-n2c(=O)c3ccccc3n3c(SCCOc4cccc(Cl)c4)nnc23)c1. The molecule has 0 aliphatic carbocycles. The molecule has 0 spiro atoms. The monoisotopic (exact) mass is 478 g/mol. The van der Waals surface area contributed by atoms with E-state index in [9.17, 15) is 4.79 Å². The van der Waals surface area contributed by atoms with Crippen LogP contribution in [0.4, 0.5) is 0 Å². The smallest absolute Gasteiger partial charge is 0.267 e. The maximum atomic E-state index is 13.4. The first-order valence-electron chi connectivity index (χ1n) is 10.2. The number of ether oxygens (including phenoxy) is 2. The van der Waals surface area contributed by atoms with Gasteiger partial charge in [-0.25, -0.2) is 4.57 Å². The van der Waals surface area contributed by atoms with Gasteiger partial charge in [-0.05, 0) is 42.5 Å². The summed E-state index contributed by atoms with van der Waals surface area (Å²) in [5.41, 5.74) is 1.24. The van der Waals surface area contributed by atoms with Crippen LogP contribution in [0.15, 0.2) is 82.7 Å². The quantitative estimate of drug-likeness (QED) is 0.245. The van der Waals surface area contributed by atoms with E-state index in [1.165, 1.54) is 11.8 Å². The van der Waals surface area contributed by atoms with Gasteiger partial charge in [0.25, 0.3) is 5.56 Å². The van der Waals surface area contributed by atoms with E-state index in [0.717, 1.165) is 5.52 Å². The highest BCUT2D eigenvalue weighted by Gasteiger charge is 2.18. The number of nitrogens with zero attached hydrogens (tertiary/aromatic N) is 4. The summed E-state index contributed by atoms with van der Waals surface area (Å²) in [7, 11) is 1.59. The number of fused-ring (bicyclic) bond motifs is 3. The van der Waals surface area contributed by atoms with Crippen LogP contribution in [0.2, 0.25) is 5.02 Å². The van der Waals surface area contributed by atoms with E-state index in [-0.39, 0.29) is 5.56 Å². The van der Waals surface area contributed by atoms with Gasteiger partial charge in [0.1, 0.15) is 11.5 Å². The number of aromatic nitrogens is 4. The Hall–Kier alpha value is -3.49. The van der Waals surface area contributed by atoms with Crippen molar-refractivity contribution in [2.24, 2.45) is 0 Å². The van der Waals surface area contributed by atoms with E-state index in [1.54, 1.807) is 29.9 Å². The van der Waals surface area contributed by atoms with Crippen molar-refractivity contribution >= 4 is 40.0 Å². The standard InChI is InChI=1S/C24H19ClN4O3S/c1-31-18-8-5-7-17(15-18)28-22(30)20-10-2-3-11-21(20)29-23(28)26-27-24(29)33-13-12-32-19-9-4-6-16(25)14-19/h2-11,14-15H,12-13H2,1H3. The zero-order valence-electron chi connectivity index (χ0n) is 17.6. The molecule has 0 amide bonds. The highest BCUT2D eigenvalue weighted by atomic mass is 35.5. The molecule has 33 heavy (non-hydrogen) atoms. The second kappa shape index (κ2) is 9.17. The largest absolute Gasteiger partial charge is 0.497 e. The van der Waals surface area contributed by atoms with Crippen LogP contribution in [0.1, 0.15) is 0 Å². The summed E-state index contributed by atoms with van der Waals surface area (Å²) in [5.74, 6) is 2.44. The number of para-hydroxylation sites is 1. The third kappa shape index (κ3) is 4.15. The summed E-state index contributed by atoms with van der Waals surface area (Å²) < 4.78 is 14.6. The molecule has 9 heteroatoms. The van der Waals surface area contributed by atoms with Crippen molar-refractivity contribution in [1.82, 2.24) is 19.2 Å². The van der Waals surface area contributed by atoms with Crippen molar-refractivity contribution in [3.05, 3.63) is 88.2 Å². The van der Waals surface area contributed by atoms with Crippen molar-refractivity contribution < 1.29 is 9.47 Å². The molecule has 2 heterocycles. The molecule has 0 atom stereocenters. The first-order chi connectivity index (χ1) is 16.2. The Labute approximate surface area is 198 Å². The Kier molecular flexibility index (Phi) is 5.93. The van der Waals surface area contributed by atoms with Gasteiger partial charge in [-0.15, -0.1) is 10.2 Å². The second-order valence-corrected chi connectivity index (χ2v) is 8.63. The third-order valence-electron chi connectivity index (χ3n) is 5.09. The van der Waals surface area contributed by atoms with Gasteiger partial charge >= 0.3 is 0 Å². The molecule has 3 aromatic carbocycles. The summed E-state index contributed by atoms with van der Waals surface area (Å²) in [6.45, 7) is 0.466. The molecule has 0 bridgehead atoms. The number of hydrogen-bond donors (Lipinski definition) is 0. The van der Waals surface area contributed by atoms with Crippen molar-refractivity contribution in [3.8, 4) is 17.2 Å². The maximum absolute atomic E-state index is 13.4. The van der Waals surface area contributed by atoms with Gasteiger partial charge in [0, 0.05) is 16.8 Å². The summed E-state index contributed by atoms with van der Waals surface area (Å²) in [5, 5.41) is 10.6. The minimum Gasteiger partial charge on any atom is -0.497 e. The van der Waals surface area contributed by atoms with E-state index < -0.39 is 0 Å². The fraction of sp³-hybridized carbons (Fsp3) is 0.125. The van der Waals surface area contributed by atoms with E-state index in [4.69, 9.17) is 21.1 Å². The molecule has 5 rings (SSSR count). The number of hydrogen-bond acceptors (Lipinski definition) is 6. The van der Waals surface area contributed by atoms with Crippen molar-refractivity contribution in [2.45, 2.75) is 5.16 Å². The fourth-order valence-corrected chi connectivity index (χ4v) is 4.54. The fourth-order valence-electron chi connectivity index (χ4n) is 3.60. The first-order valence-corrected chi connectivity index (χ1v) is 11.6. The molecule has 0 aliphatic heterocycles. The molecule has 0 saturated heterocycles. The molecule has 2 aromatic heterocycles. The van der Waals surface area contributed by atoms with Gasteiger partial charge in [0.15, 0.2) is 5.16 Å². The zero-order valence-corrected chi connectivity index (χ0v) is 19.2. The average Bonchev–Trinajstić information content (AvgIpc) is 3.26. The molecule has 166 valence electrons. The lowest BCUT2D eigenvalue weighted by molar-refractivity contribution is 0.344. The van der Waals surface area contributed by atoms with Crippen molar-refractivity contribution in [2.75, 3.05) is 19.5 Å². The first kappa shape index (κ1) is 21.4. The van der Waals surface area contributed by atoms with Crippen LogP contribution in [0, 0.1) is 0 Å². The van der Waals surface area contributed by atoms with Gasteiger partial charge in [-0.1, -0.05) is 47.6 Å². The third-order valence-corrected chi connectivity index (χ3v) is 6.21. The Morgan fingerprint density at radius 3 is 2.64 bits per heavy atom. The van der Waals surface area contributed by atoms with E-state index in [0.29, 0.717) is 50.9 Å². The maximum Gasteiger partial charge on any atom is 0.267 e. The molecular weight excluding hydrogens is 460 g/mol. The normalized spacial score (nSPS) is 11.2. The highest BCUT2D eigenvalue weighted by molar-refractivity contribution is 7.99. The molecule has 0 fully saturated rings. The summed E-state index contributed by atoms with van der Waals surface area (Å²) in [6.07, 6.45) is 0. The molecule has 0 unspecified atom stereocenters. The Bertz CT molecular complexity index is 1520. The molecular formula is C24H19ClN4O3S. The van der Waals surface area contributed by atoms with Gasteiger partial charge < -0.3 is 9.47 Å². The van der Waals surface area contributed by atoms with E-state index in [1.807, 2.05) is 59.0 Å². The van der Waals surface area contributed by atoms with Crippen LogP contribution in [-0.2, 0) is 0 Å². The van der Waals surface area contributed by atoms with Crippen molar-refractivity contribution in [3.63, 3.8) is 0 Å². The van der Waals surface area contributed by atoms with Crippen LogP contribution >= 0.6 is 23.4 Å². The molecule has 7 nitrogen and oxygen atoms in total. The van der Waals surface area contributed by atoms with Crippen LogP contribution < -0.4 is 15.0 Å². The molecule has 0 radical (unpaired) electrons. The summed E-state index contributed by atoms with van der Waals surface area (Å²) in [4.78, 5) is 13.4. The van der Waals surface area contributed by atoms with Crippen LogP contribution in [-0.4, -0.2) is 38.6 Å². The Morgan fingerprint density at radius 1 is 0.970 bits per heavy atom. The number of thioether (sulfide) groups is 1. The topological polar surface area (TPSA) is 70.7 Å². The number of rotatable bonds is 7. The summed E-state index contributed by atoms with van der Waals surface area (Å²) >= 11 is 7.52. The molecule has 0 saturated carbocycles. The lowest BCUT2D eigenvalue weighted by atomic mass is 10.2. The number of halogens is 1. The van der Waals surface area contributed by atoms with E-state index in [2.05, 4.69) is 10.2 Å². The summed E-state index contributed by atoms with van der Waals surface area (Å²) in [6, 6.07) is 22.1. The van der Waals surface area contributed by atoms with Gasteiger partial charge in [0.2, 0.25) is 5.78 Å². The molecule has 0 N–H and O–H groups in total. The minimum atomic E-state index is -0.167. The molecule has 0 aliphatic rings. The zero-order chi connectivity index (χ0) is 22.8.